The number of fused-ring (bicyclic) bond motifs is 1. The van der Waals surface area contributed by atoms with E-state index in [0.29, 0.717) is 17.2 Å². The van der Waals surface area contributed by atoms with Gasteiger partial charge in [0.2, 0.25) is 0 Å². The van der Waals surface area contributed by atoms with Crippen LogP contribution in [0.25, 0.3) is 16.5 Å². The molecule has 0 aliphatic heterocycles. The van der Waals surface area contributed by atoms with Crippen LogP contribution in [0.5, 0.6) is 0 Å². The molecule has 0 saturated carbocycles. The summed E-state index contributed by atoms with van der Waals surface area (Å²) in [6.45, 7) is 3.97. The molecule has 31 heavy (non-hydrogen) atoms. The number of benzene rings is 3. The second-order valence-corrected chi connectivity index (χ2v) is 9.06. The minimum Gasteiger partial charge on any atom is -0.306 e. The van der Waals surface area contributed by atoms with Gasteiger partial charge in [-0.15, -0.1) is 0 Å². The summed E-state index contributed by atoms with van der Waals surface area (Å²) < 4.78 is 41.7. The van der Waals surface area contributed by atoms with Crippen LogP contribution in [0.4, 0.5) is 4.39 Å². The van der Waals surface area contributed by atoms with Crippen molar-refractivity contribution in [1.82, 2.24) is 4.57 Å². The Bertz CT molecular complexity index is 1210. The highest BCUT2D eigenvalue weighted by Gasteiger charge is 2.36. The lowest BCUT2D eigenvalue weighted by molar-refractivity contribution is 0.229. The summed E-state index contributed by atoms with van der Waals surface area (Å²) >= 11 is 0. The lowest BCUT2D eigenvalue weighted by atomic mass is 10.1. The highest BCUT2D eigenvalue weighted by Crippen LogP contribution is 2.50. The van der Waals surface area contributed by atoms with Crippen molar-refractivity contribution >= 4 is 23.8 Å². The molecule has 0 bridgehead atoms. The lowest BCUT2D eigenvalue weighted by Crippen LogP contribution is -2.21. The predicted octanol–water partition coefficient (Wildman–Crippen LogP) is 6.25. The van der Waals surface area contributed by atoms with Gasteiger partial charge in [0, 0.05) is 28.6 Å². The number of aromatic nitrogens is 1. The van der Waals surface area contributed by atoms with Gasteiger partial charge >= 0.3 is 7.60 Å². The van der Waals surface area contributed by atoms with E-state index in [1.807, 2.05) is 65.2 Å². The first kappa shape index (κ1) is 21.5. The first-order chi connectivity index (χ1) is 15.1. The summed E-state index contributed by atoms with van der Waals surface area (Å²) in [5.74, 6) is -0.398. The molecule has 4 aromatic rings. The Kier molecular flexibility index (Phi) is 6.38. The Morgan fingerprint density at radius 2 is 1.45 bits per heavy atom. The van der Waals surface area contributed by atoms with Gasteiger partial charge < -0.3 is 13.6 Å². The highest BCUT2D eigenvalue weighted by atomic mass is 31.2. The van der Waals surface area contributed by atoms with Gasteiger partial charge in [-0.3, -0.25) is 4.57 Å². The van der Waals surface area contributed by atoms with Crippen LogP contribution in [-0.2, 0) is 20.0 Å². The largest absolute Gasteiger partial charge is 0.378 e. The number of rotatable bonds is 8. The van der Waals surface area contributed by atoms with Crippen molar-refractivity contribution in [3.05, 3.63) is 95.9 Å². The van der Waals surface area contributed by atoms with Crippen molar-refractivity contribution in [3.63, 3.8) is 0 Å². The Hall–Kier alpha value is -2.72. The molecule has 0 unspecified atom stereocenters. The quantitative estimate of drug-likeness (QED) is 0.306. The van der Waals surface area contributed by atoms with Crippen LogP contribution in [0.2, 0.25) is 0 Å². The van der Waals surface area contributed by atoms with Crippen molar-refractivity contribution in [2.45, 2.75) is 20.3 Å². The van der Waals surface area contributed by atoms with E-state index in [9.17, 15) is 8.96 Å². The molecule has 0 aliphatic rings. The first-order valence-corrected chi connectivity index (χ1v) is 11.9. The summed E-state index contributed by atoms with van der Waals surface area (Å²) in [6.07, 6.45) is 0.579. The van der Waals surface area contributed by atoms with E-state index in [0.717, 1.165) is 22.3 Å². The predicted molar refractivity (Wildman–Crippen MR) is 123 cm³/mol. The Morgan fingerprint density at radius 3 is 2.06 bits per heavy atom. The minimum absolute atomic E-state index is 0.210. The molecule has 160 valence electrons. The van der Waals surface area contributed by atoms with Crippen LogP contribution >= 0.6 is 7.60 Å². The monoisotopic (exact) mass is 437 g/mol. The summed E-state index contributed by atoms with van der Waals surface area (Å²) in [7, 11) is -3.73. The summed E-state index contributed by atoms with van der Waals surface area (Å²) in [6, 6.07) is 24.3. The van der Waals surface area contributed by atoms with Gasteiger partial charge in [0.1, 0.15) is 11.3 Å². The smallest absolute Gasteiger partial charge is 0.306 e. The Labute approximate surface area is 181 Å². The molecule has 0 N–H and O–H groups in total. The van der Waals surface area contributed by atoms with Gasteiger partial charge in [-0.25, -0.2) is 4.39 Å². The minimum atomic E-state index is -3.73. The summed E-state index contributed by atoms with van der Waals surface area (Å²) in [5, 5.41) is 1.36. The second-order valence-electron chi connectivity index (χ2n) is 7.13. The van der Waals surface area contributed by atoms with Crippen molar-refractivity contribution < 1.29 is 18.0 Å². The molecule has 0 atom stereocenters. The van der Waals surface area contributed by atoms with Gasteiger partial charge in [0.05, 0.1) is 13.2 Å². The molecule has 6 heteroatoms. The van der Waals surface area contributed by atoms with E-state index in [1.54, 1.807) is 19.9 Å². The fraction of sp³-hybridized carbons (Fsp3) is 0.200. The van der Waals surface area contributed by atoms with Crippen LogP contribution < -0.4 is 5.44 Å². The molecule has 0 saturated heterocycles. The van der Waals surface area contributed by atoms with Crippen LogP contribution in [0.1, 0.15) is 25.1 Å². The van der Waals surface area contributed by atoms with E-state index >= 15 is 0 Å². The topological polar surface area (TPSA) is 40.5 Å². The third-order valence-electron chi connectivity index (χ3n) is 5.10. The summed E-state index contributed by atoms with van der Waals surface area (Å²) in [4.78, 5) is 0. The molecule has 4 nitrogen and oxygen atoms in total. The zero-order valence-corrected chi connectivity index (χ0v) is 18.5. The number of nitrogens with zero attached hydrogens (tertiary/aromatic N) is 1. The fourth-order valence-electron chi connectivity index (χ4n) is 3.91. The van der Waals surface area contributed by atoms with Crippen LogP contribution in [0, 0.1) is 5.82 Å². The molecule has 0 amide bonds. The van der Waals surface area contributed by atoms with Crippen LogP contribution in [0.15, 0.2) is 78.9 Å². The molecular formula is C25H25FNO3P. The highest BCUT2D eigenvalue weighted by molar-refractivity contribution is 7.62. The van der Waals surface area contributed by atoms with E-state index in [2.05, 4.69) is 0 Å². The van der Waals surface area contributed by atoms with E-state index in [1.165, 1.54) is 12.1 Å². The summed E-state index contributed by atoms with van der Waals surface area (Å²) in [5.41, 5.74) is 3.18. The van der Waals surface area contributed by atoms with E-state index < -0.39 is 13.4 Å². The number of halogens is 1. The number of hydrogen-bond donors (Lipinski definition) is 0. The van der Waals surface area contributed by atoms with Crippen molar-refractivity contribution in [2.75, 3.05) is 13.2 Å². The number of hydrogen-bond acceptors (Lipinski definition) is 3. The molecule has 0 radical (unpaired) electrons. The van der Waals surface area contributed by atoms with Gasteiger partial charge in [-0.1, -0.05) is 48.5 Å². The lowest BCUT2D eigenvalue weighted by Gasteiger charge is -2.21. The SMILES string of the molecule is CCOP(=O)(OCC)c1c2cc(F)ccc2c(Cc2ccccc2)n1-c1ccccc1. The standard InChI is InChI=1S/C25H25FNO3P/c1-3-29-31(28,30-4-2)25-23-18-20(26)15-16-22(23)24(17-19-11-7-5-8-12-19)27(25)21-13-9-6-10-14-21/h5-16,18H,3-4,17H2,1-2H3. The molecule has 1 heterocycles. The average molecular weight is 437 g/mol. The normalized spacial score (nSPS) is 11.8. The van der Waals surface area contributed by atoms with Crippen molar-refractivity contribution in [1.29, 1.82) is 0 Å². The Morgan fingerprint density at radius 1 is 0.839 bits per heavy atom. The van der Waals surface area contributed by atoms with Crippen LogP contribution in [-0.4, -0.2) is 17.8 Å². The molecule has 0 spiro atoms. The second kappa shape index (κ2) is 9.19. The zero-order chi connectivity index (χ0) is 21.8. The zero-order valence-electron chi connectivity index (χ0n) is 17.6. The van der Waals surface area contributed by atoms with Gasteiger partial charge in [-0.2, -0.15) is 0 Å². The molecular weight excluding hydrogens is 412 g/mol. The number of para-hydroxylation sites is 1. The van der Waals surface area contributed by atoms with Crippen molar-refractivity contribution in [2.24, 2.45) is 0 Å². The van der Waals surface area contributed by atoms with Gasteiger partial charge in [0.25, 0.3) is 0 Å². The maximum atomic E-state index is 14.4. The van der Waals surface area contributed by atoms with Crippen LogP contribution in [0.3, 0.4) is 0 Å². The molecule has 0 fully saturated rings. The molecule has 1 aromatic heterocycles. The maximum Gasteiger partial charge on any atom is 0.378 e. The van der Waals surface area contributed by atoms with Gasteiger partial charge in [-0.05, 0) is 49.7 Å². The average Bonchev–Trinajstić information content (AvgIpc) is 3.09. The van der Waals surface area contributed by atoms with Gasteiger partial charge in [0.15, 0.2) is 0 Å². The third-order valence-corrected chi connectivity index (χ3v) is 7.26. The molecule has 0 aliphatic carbocycles. The Balaban J connectivity index is 2.09. The molecule has 4 rings (SSSR count). The van der Waals surface area contributed by atoms with E-state index in [4.69, 9.17) is 9.05 Å². The molecule has 3 aromatic carbocycles. The maximum absolute atomic E-state index is 14.4. The van der Waals surface area contributed by atoms with E-state index in [-0.39, 0.29) is 13.2 Å². The fourth-order valence-corrected chi connectivity index (χ4v) is 5.87. The van der Waals surface area contributed by atoms with Crippen molar-refractivity contribution in [3.8, 4) is 5.69 Å². The third kappa shape index (κ3) is 4.22. The first-order valence-electron chi connectivity index (χ1n) is 10.4.